The van der Waals surface area contributed by atoms with Crippen LogP contribution in [-0.2, 0) is 43.3 Å². The van der Waals surface area contributed by atoms with Crippen LogP contribution in [0.25, 0.3) is 0 Å². The van der Waals surface area contributed by atoms with Crippen molar-refractivity contribution >= 4 is 62.9 Å². The third-order valence-corrected chi connectivity index (χ3v) is 26.0. The number of hydrogen-bond donors (Lipinski definition) is 0. The Labute approximate surface area is 510 Å². The number of anilines is 7. The lowest BCUT2D eigenvalue weighted by atomic mass is 9.32. The van der Waals surface area contributed by atoms with Gasteiger partial charge < -0.3 is 14.7 Å². The Morgan fingerprint density at radius 2 is 0.762 bits per heavy atom. The van der Waals surface area contributed by atoms with Gasteiger partial charge in [0, 0.05) is 50.9 Å². The van der Waals surface area contributed by atoms with Gasteiger partial charge in [-0.05, 0) is 253 Å². The molecule has 3 aliphatic heterocycles. The van der Waals surface area contributed by atoms with Gasteiger partial charge in [0.05, 0.1) is 5.54 Å². The summed E-state index contributed by atoms with van der Waals surface area (Å²) in [6, 6.07) is 32.2. The average molecular weight is 1120 g/mol. The SMILES string of the molecule is CC1(C)CCC(C)(C)c2cc(N3c4cc5c(cc4B4c6cc7c(cc6N(c6ccc8c(c6)C(C)(C)CCC8(C)C)c6cc(N8C9=C(CC(C(C)(C)C)C=C9)C9(C)CCCCC89C)cc3c64)C(C)(C)CCC7(C)C)C(C)(C)CCC5(C)C)ccc21. The Hall–Kier alpha value is -4.96. The number of allylic oxidation sites excluding steroid dienone is 2. The molecule has 3 nitrogen and oxygen atoms in total. The second kappa shape index (κ2) is 17.4. The van der Waals surface area contributed by atoms with Crippen molar-refractivity contribution in [1.29, 1.82) is 0 Å². The van der Waals surface area contributed by atoms with Gasteiger partial charge in [-0.15, -0.1) is 0 Å². The molecule has 0 N–H and O–H groups in total. The van der Waals surface area contributed by atoms with E-state index in [-0.39, 0.29) is 66.4 Å². The fraction of sp³-hybridized carbons (Fsp3) is 0.575. The normalized spacial score (nSPS) is 28.0. The zero-order chi connectivity index (χ0) is 60.0. The number of fused-ring (bicyclic) bond motifs is 10. The van der Waals surface area contributed by atoms with Crippen LogP contribution < -0.4 is 31.1 Å². The molecule has 442 valence electrons. The van der Waals surface area contributed by atoms with Crippen molar-refractivity contribution in [3.8, 4) is 0 Å². The van der Waals surface area contributed by atoms with E-state index in [0.717, 1.165) is 6.42 Å². The summed E-state index contributed by atoms with van der Waals surface area (Å²) in [6.07, 6.45) is 20.8. The van der Waals surface area contributed by atoms with Crippen LogP contribution >= 0.6 is 0 Å². The third-order valence-electron chi connectivity index (χ3n) is 26.0. The first-order chi connectivity index (χ1) is 38.9. The Morgan fingerprint density at radius 1 is 0.393 bits per heavy atom. The Morgan fingerprint density at radius 3 is 1.17 bits per heavy atom. The fourth-order valence-corrected chi connectivity index (χ4v) is 19.2. The summed E-state index contributed by atoms with van der Waals surface area (Å²) in [5, 5.41) is 0. The minimum Gasteiger partial charge on any atom is -0.335 e. The fourth-order valence-electron chi connectivity index (χ4n) is 19.2. The van der Waals surface area contributed by atoms with Crippen molar-refractivity contribution in [2.45, 2.75) is 278 Å². The smallest absolute Gasteiger partial charge is 0.252 e. The van der Waals surface area contributed by atoms with Gasteiger partial charge in [0.15, 0.2) is 0 Å². The van der Waals surface area contributed by atoms with Gasteiger partial charge in [-0.2, -0.15) is 0 Å². The van der Waals surface area contributed by atoms with E-state index in [9.17, 15) is 0 Å². The zero-order valence-corrected chi connectivity index (χ0v) is 56.3. The Balaban J connectivity index is 1.15. The number of hydrogen-bond acceptors (Lipinski definition) is 3. The molecule has 0 bridgehead atoms. The van der Waals surface area contributed by atoms with E-state index in [1.807, 2.05) is 0 Å². The van der Waals surface area contributed by atoms with E-state index >= 15 is 0 Å². The maximum absolute atomic E-state index is 2.96. The predicted molar refractivity (Wildman–Crippen MR) is 363 cm³/mol. The van der Waals surface area contributed by atoms with Gasteiger partial charge in [0.1, 0.15) is 0 Å². The Kier molecular flexibility index (Phi) is 11.8. The molecular weight excluding hydrogens is 1010 g/mol. The van der Waals surface area contributed by atoms with Crippen LogP contribution in [0.2, 0.25) is 0 Å². The summed E-state index contributed by atoms with van der Waals surface area (Å²) < 4.78 is 0. The van der Waals surface area contributed by atoms with Crippen molar-refractivity contribution in [2.75, 3.05) is 14.7 Å². The molecule has 4 heteroatoms. The average Bonchev–Trinajstić information content (AvgIpc) is 1.22. The van der Waals surface area contributed by atoms with Crippen LogP contribution in [0.15, 0.2) is 96.2 Å². The molecule has 0 aromatic heterocycles. The first-order valence-electron chi connectivity index (χ1n) is 33.6. The highest BCUT2D eigenvalue weighted by Gasteiger charge is 2.60. The van der Waals surface area contributed by atoms with E-state index in [1.165, 1.54) is 172 Å². The van der Waals surface area contributed by atoms with E-state index < -0.39 is 0 Å². The van der Waals surface area contributed by atoms with Crippen LogP contribution in [0.3, 0.4) is 0 Å². The largest absolute Gasteiger partial charge is 0.335 e. The minimum atomic E-state index is -0.103. The van der Waals surface area contributed by atoms with Crippen molar-refractivity contribution in [3.63, 3.8) is 0 Å². The van der Waals surface area contributed by atoms with Gasteiger partial charge in [-0.25, -0.2) is 0 Å². The molecule has 0 spiro atoms. The maximum Gasteiger partial charge on any atom is 0.252 e. The van der Waals surface area contributed by atoms with Crippen molar-refractivity contribution < 1.29 is 0 Å². The van der Waals surface area contributed by atoms with E-state index in [2.05, 4.69) is 245 Å². The summed E-state index contributed by atoms with van der Waals surface area (Å²) in [5.74, 6) is 0.500. The van der Waals surface area contributed by atoms with Crippen LogP contribution in [-0.4, -0.2) is 12.3 Å². The molecule has 0 amide bonds. The second-order valence-corrected chi connectivity index (χ2v) is 36.0. The highest BCUT2D eigenvalue weighted by molar-refractivity contribution is 7.00. The Bertz CT molecular complexity index is 3530. The number of rotatable bonds is 3. The lowest BCUT2D eigenvalue weighted by molar-refractivity contribution is 0.140. The van der Waals surface area contributed by atoms with Crippen LogP contribution in [0.1, 0.15) is 273 Å². The minimum absolute atomic E-state index is 0.0193. The summed E-state index contributed by atoms with van der Waals surface area (Å²) in [4.78, 5) is 8.65. The number of benzene rings is 5. The topological polar surface area (TPSA) is 9.72 Å². The first kappa shape index (κ1) is 56.8. The highest BCUT2D eigenvalue weighted by Crippen LogP contribution is 2.65. The lowest BCUT2D eigenvalue weighted by Crippen LogP contribution is -2.62. The number of nitrogens with zero attached hydrogens (tertiary/aromatic N) is 3. The summed E-state index contributed by atoms with van der Waals surface area (Å²) >= 11 is 0. The van der Waals surface area contributed by atoms with Gasteiger partial charge in [-0.1, -0.05) is 182 Å². The van der Waals surface area contributed by atoms with Gasteiger partial charge in [-0.3, -0.25) is 0 Å². The van der Waals surface area contributed by atoms with Crippen molar-refractivity contribution in [2.24, 2.45) is 16.7 Å². The predicted octanol–water partition coefficient (Wildman–Crippen LogP) is 20.2. The molecule has 0 radical (unpaired) electrons. The molecule has 3 atom stereocenters. The standard InChI is InChI=1S/C80H104BN3/c1-70(2,3)49-24-29-64-61(40-49)79(20)30-22-23-31-80(79,21)84(64)52-43-67-69-68(44-52)83(51-26-28-54-56(42-51)74(10,11)35-33-72(54,6)7)66-48-60-58(76(14,15)37-39-78(60,18)19)46-63(66)81(69)62-45-57-59(77(16,17)38-36-75(57,12)13)47-65(62)82(67)50-25-27-53-55(41-50)73(8,9)34-32-71(53,4)5/h24-29,41-49H,22-23,30-40H2,1-21H3. The monoisotopic (exact) mass is 1120 g/mol. The molecule has 0 saturated heterocycles. The van der Waals surface area contributed by atoms with E-state index in [1.54, 1.807) is 16.7 Å². The molecule has 3 unspecified atom stereocenters. The van der Waals surface area contributed by atoms with Gasteiger partial charge >= 0.3 is 0 Å². The zero-order valence-electron chi connectivity index (χ0n) is 56.3. The summed E-state index contributed by atoms with van der Waals surface area (Å²) in [7, 11) is 0. The second-order valence-electron chi connectivity index (χ2n) is 36.0. The molecule has 84 heavy (non-hydrogen) atoms. The van der Waals surface area contributed by atoms with Crippen molar-refractivity contribution in [1.82, 2.24) is 0 Å². The first-order valence-corrected chi connectivity index (χ1v) is 33.6. The molecule has 6 aliphatic carbocycles. The van der Waals surface area contributed by atoms with E-state index in [4.69, 9.17) is 0 Å². The molecule has 1 fully saturated rings. The van der Waals surface area contributed by atoms with Gasteiger partial charge in [0.2, 0.25) is 0 Å². The lowest BCUT2D eigenvalue weighted by Gasteiger charge is -2.53. The van der Waals surface area contributed by atoms with Crippen LogP contribution in [0.5, 0.6) is 0 Å². The van der Waals surface area contributed by atoms with Crippen LogP contribution in [0, 0.1) is 16.7 Å². The van der Waals surface area contributed by atoms with E-state index in [0.29, 0.717) is 5.92 Å². The summed E-state index contributed by atoms with van der Waals surface area (Å²) in [5.41, 5.74) is 29.8. The summed E-state index contributed by atoms with van der Waals surface area (Å²) in [6.45, 7) is 53.2. The molecule has 5 aromatic rings. The third kappa shape index (κ3) is 7.86. The quantitative estimate of drug-likeness (QED) is 0.163. The maximum atomic E-state index is 2.96. The molecule has 9 aliphatic rings. The van der Waals surface area contributed by atoms with Gasteiger partial charge in [0.25, 0.3) is 6.71 Å². The highest BCUT2D eigenvalue weighted by atomic mass is 15.3. The van der Waals surface area contributed by atoms with Crippen LogP contribution in [0.4, 0.5) is 39.8 Å². The van der Waals surface area contributed by atoms with Crippen molar-refractivity contribution in [3.05, 3.63) is 141 Å². The molecule has 3 heterocycles. The molecule has 1 saturated carbocycles. The molecule has 14 rings (SSSR count). The molecule has 5 aromatic carbocycles. The molecular formula is C80H104BN3.